The van der Waals surface area contributed by atoms with Crippen LogP contribution < -0.4 is 0 Å². The molecule has 0 unspecified atom stereocenters. The van der Waals surface area contributed by atoms with Crippen molar-refractivity contribution in [3.05, 3.63) is 0 Å². The Kier molecular flexibility index (Phi) is 8.70. The van der Waals surface area contributed by atoms with E-state index in [4.69, 9.17) is 27.7 Å². The lowest BCUT2D eigenvalue weighted by atomic mass is 10.8. The lowest BCUT2D eigenvalue weighted by Crippen LogP contribution is -2.12. The molecule has 0 aliphatic carbocycles. The first-order valence-corrected chi connectivity index (χ1v) is 4.40. The summed E-state index contributed by atoms with van der Waals surface area (Å²) in [6.45, 7) is -1.32. The predicted octanol–water partition coefficient (Wildman–Crippen LogP) is -1.55. The molecule has 0 radical (unpaired) electrons. The van der Waals surface area contributed by atoms with E-state index < -0.39 is 35.6 Å². The molecule has 4 N–H and O–H groups in total. The van der Waals surface area contributed by atoms with Gasteiger partial charge in [0.25, 0.3) is 0 Å². The summed E-state index contributed by atoms with van der Waals surface area (Å²) in [4.78, 5) is 27.2. The molecule has 0 fully saturated rings. The summed E-state index contributed by atoms with van der Waals surface area (Å²) in [7, 11) is -4.67. The quantitative estimate of drug-likeness (QED) is 0.193. The molecular weight excluding hydrogens is 240 g/mol. The van der Waals surface area contributed by atoms with Crippen LogP contribution in [0.4, 0.5) is 0 Å². The summed E-state index contributed by atoms with van der Waals surface area (Å²) >= 11 is 0. The molecule has 0 saturated carbocycles. The van der Waals surface area contributed by atoms with Crippen molar-refractivity contribution in [2.75, 3.05) is 13.2 Å². The average Bonchev–Trinajstić information content (AvgIpc) is 1.94. The fourth-order valence-electron chi connectivity index (χ4n) is 0.184. The molecule has 0 saturated heterocycles. The van der Waals surface area contributed by atoms with E-state index in [9.17, 15) is 9.59 Å². The number of hydrogen-bond donors (Lipinski definition) is 4. The third-order valence-corrected chi connectivity index (χ3v) is 0.448. The van der Waals surface area contributed by atoms with Gasteiger partial charge in [-0.05, 0) is 0 Å². The van der Waals surface area contributed by atoms with E-state index in [-0.39, 0.29) is 0 Å². The van der Waals surface area contributed by atoms with Gasteiger partial charge < -0.3 is 10.2 Å². The lowest BCUT2D eigenvalue weighted by molar-refractivity contribution is -0.289. The van der Waals surface area contributed by atoms with Crippen LogP contribution in [0.3, 0.4) is 0 Å². The smallest absolute Gasteiger partial charge is 0.394 e. The van der Waals surface area contributed by atoms with Crippen LogP contribution in [0, 0.1) is 0 Å². The molecule has 0 aromatic heterocycles. The van der Waals surface area contributed by atoms with Crippen molar-refractivity contribution in [1.82, 2.24) is 0 Å². The van der Waals surface area contributed by atoms with E-state index >= 15 is 0 Å². The zero-order valence-electron chi connectivity index (χ0n) is 7.06. The minimum Gasteiger partial charge on any atom is -0.479 e. The Bertz CT molecular complexity index is 267. The van der Waals surface area contributed by atoms with Gasteiger partial charge in [-0.1, -0.05) is 0 Å². The van der Waals surface area contributed by atoms with Crippen molar-refractivity contribution in [3.8, 4) is 0 Å². The molecule has 90 valence electrons. The number of carboxylic acids is 2. The van der Waals surface area contributed by atoms with E-state index in [1.807, 2.05) is 0 Å². The zero-order chi connectivity index (χ0) is 12.5. The minimum atomic E-state index is -4.67. The van der Waals surface area contributed by atoms with E-state index in [2.05, 4.69) is 9.78 Å². The standard InChI is InChI=1S/C4H6O6.H2O4S/c5-3(6)1-9-10-2-4(7)8;1-5(2,3)4/h1-2H2,(H,5,6)(H,7,8);(H2,1,2,3,4). The lowest BCUT2D eigenvalue weighted by Gasteiger charge is -1.95. The van der Waals surface area contributed by atoms with Crippen LogP contribution in [0.15, 0.2) is 0 Å². The van der Waals surface area contributed by atoms with Crippen LogP contribution >= 0.6 is 0 Å². The normalized spacial score (nSPS) is 10.0. The molecular formula is C4H8O10S. The first-order valence-electron chi connectivity index (χ1n) is 3.01. The maximum atomic E-state index is 9.69. The van der Waals surface area contributed by atoms with E-state index in [0.29, 0.717) is 0 Å². The van der Waals surface area contributed by atoms with Gasteiger partial charge in [0.15, 0.2) is 13.2 Å². The second-order valence-electron chi connectivity index (χ2n) is 1.76. The molecule has 0 rings (SSSR count). The number of rotatable bonds is 5. The summed E-state index contributed by atoms with van der Waals surface area (Å²) in [5.41, 5.74) is 0. The first kappa shape index (κ1) is 16.2. The van der Waals surface area contributed by atoms with Crippen LogP contribution in [-0.4, -0.2) is 52.9 Å². The summed E-state index contributed by atoms with van der Waals surface area (Å²) in [6, 6.07) is 0. The Labute approximate surface area is 83.5 Å². The van der Waals surface area contributed by atoms with Crippen LogP contribution in [0.25, 0.3) is 0 Å². The van der Waals surface area contributed by atoms with Gasteiger partial charge in [0, 0.05) is 0 Å². The highest BCUT2D eigenvalue weighted by Crippen LogP contribution is 1.77. The topological polar surface area (TPSA) is 168 Å². The van der Waals surface area contributed by atoms with Gasteiger partial charge in [-0.15, -0.1) is 0 Å². The molecule has 0 aliphatic rings. The molecule has 0 spiro atoms. The Morgan fingerprint density at radius 2 is 1.13 bits per heavy atom. The summed E-state index contributed by atoms with van der Waals surface area (Å²) in [5, 5.41) is 15.9. The third kappa shape index (κ3) is 44.6. The van der Waals surface area contributed by atoms with Gasteiger partial charge in [0.2, 0.25) is 0 Å². The molecule has 0 heterocycles. The fourth-order valence-corrected chi connectivity index (χ4v) is 0.184. The monoisotopic (exact) mass is 248 g/mol. The number of aliphatic carboxylic acids is 2. The SMILES string of the molecule is O=C(O)COOCC(=O)O.O=S(=O)(O)O. The summed E-state index contributed by atoms with van der Waals surface area (Å²) < 4.78 is 31.6. The number of carbonyl (C=O) groups is 2. The zero-order valence-corrected chi connectivity index (χ0v) is 7.88. The Hall–Kier alpha value is -1.27. The van der Waals surface area contributed by atoms with Gasteiger partial charge in [-0.2, -0.15) is 8.42 Å². The molecule has 0 atom stereocenters. The third-order valence-electron chi connectivity index (χ3n) is 0.448. The van der Waals surface area contributed by atoms with Crippen molar-refractivity contribution in [1.29, 1.82) is 0 Å². The second-order valence-corrected chi connectivity index (χ2v) is 2.66. The molecule has 0 aromatic rings. The highest BCUT2D eigenvalue weighted by Gasteiger charge is 1.99. The highest BCUT2D eigenvalue weighted by molar-refractivity contribution is 7.79. The highest BCUT2D eigenvalue weighted by atomic mass is 32.3. The molecule has 10 nitrogen and oxygen atoms in total. The van der Waals surface area contributed by atoms with Crippen LogP contribution in [0.5, 0.6) is 0 Å². The molecule has 15 heavy (non-hydrogen) atoms. The summed E-state index contributed by atoms with van der Waals surface area (Å²) in [5.74, 6) is -2.43. The molecule has 0 bridgehead atoms. The Morgan fingerprint density at radius 1 is 0.933 bits per heavy atom. The fraction of sp³-hybridized carbons (Fsp3) is 0.500. The van der Waals surface area contributed by atoms with Gasteiger partial charge in [0.1, 0.15) is 0 Å². The molecule has 0 amide bonds. The van der Waals surface area contributed by atoms with Gasteiger partial charge in [-0.25, -0.2) is 19.4 Å². The number of hydrogen-bond acceptors (Lipinski definition) is 6. The maximum Gasteiger partial charge on any atom is 0.394 e. The second kappa shape index (κ2) is 8.07. The Balaban J connectivity index is 0. The van der Waals surface area contributed by atoms with Crippen LogP contribution in [0.2, 0.25) is 0 Å². The van der Waals surface area contributed by atoms with Gasteiger partial charge in [0.05, 0.1) is 0 Å². The average molecular weight is 248 g/mol. The molecule has 11 heteroatoms. The van der Waals surface area contributed by atoms with Gasteiger partial charge >= 0.3 is 22.3 Å². The van der Waals surface area contributed by atoms with Crippen LogP contribution in [0.1, 0.15) is 0 Å². The largest absolute Gasteiger partial charge is 0.479 e. The van der Waals surface area contributed by atoms with E-state index in [1.165, 1.54) is 0 Å². The maximum absolute atomic E-state index is 9.69. The van der Waals surface area contributed by atoms with Crippen LogP contribution in [-0.2, 0) is 29.8 Å². The van der Waals surface area contributed by atoms with Gasteiger partial charge in [-0.3, -0.25) is 9.11 Å². The molecule has 0 aliphatic heterocycles. The van der Waals surface area contributed by atoms with Crippen molar-refractivity contribution in [2.45, 2.75) is 0 Å². The molecule has 0 aromatic carbocycles. The van der Waals surface area contributed by atoms with Crippen molar-refractivity contribution < 1.29 is 47.1 Å². The predicted molar refractivity (Wildman–Crippen MR) is 41.4 cm³/mol. The number of carboxylic acid groups (broad SMARTS) is 2. The minimum absolute atomic E-state index is 0.659. The van der Waals surface area contributed by atoms with Crippen molar-refractivity contribution in [2.24, 2.45) is 0 Å². The van der Waals surface area contributed by atoms with E-state index in [1.54, 1.807) is 0 Å². The van der Waals surface area contributed by atoms with Crippen molar-refractivity contribution >= 4 is 22.3 Å². The summed E-state index contributed by atoms with van der Waals surface area (Å²) in [6.07, 6.45) is 0. The Morgan fingerprint density at radius 3 is 1.27 bits per heavy atom. The van der Waals surface area contributed by atoms with Crippen molar-refractivity contribution in [3.63, 3.8) is 0 Å². The first-order chi connectivity index (χ1) is 6.63. The van der Waals surface area contributed by atoms with E-state index in [0.717, 1.165) is 0 Å².